The van der Waals surface area contributed by atoms with Crippen LogP contribution in [0.15, 0.2) is 42.5 Å². The Balaban J connectivity index is 1.42. The molecule has 1 N–H and O–H groups in total. The van der Waals surface area contributed by atoms with Gasteiger partial charge >= 0.3 is 0 Å². The number of benzene rings is 2. The number of nitrogens with zero attached hydrogens (tertiary/aromatic N) is 2. The van der Waals surface area contributed by atoms with E-state index in [0.29, 0.717) is 5.56 Å². The standard InChI is InChI=1S/C23H30FN3O2/c1-17-5-4-6-20(15-17)27-13-11-26(12-14-27)10-9-18(2)25-23(28)19-7-8-22(29-3)21(24)16-19/h4-8,15-16,18H,9-14H2,1-3H3,(H,25,28). The number of rotatable bonds is 7. The van der Waals surface area contributed by atoms with Gasteiger partial charge in [-0.15, -0.1) is 0 Å². The Hall–Kier alpha value is -2.60. The highest BCUT2D eigenvalue weighted by Gasteiger charge is 2.18. The lowest BCUT2D eigenvalue weighted by molar-refractivity contribution is 0.0934. The molecule has 0 aromatic heterocycles. The zero-order valence-electron chi connectivity index (χ0n) is 17.5. The number of amides is 1. The molecule has 3 rings (SSSR count). The molecule has 6 heteroatoms. The molecule has 1 aliphatic rings. The van der Waals surface area contributed by atoms with Crippen molar-refractivity contribution in [2.45, 2.75) is 26.3 Å². The summed E-state index contributed by atoms with van der Waals surface area (Å²) in [5.74, 6) is -0.651. The van der Waals surface area contributed by atoms with Gasteiger partial charge in [0, 0.05) is 50.0 Å². The Morgan fingerprint density at radius 2 is 1.93 bits per heavy atom. The van der Waals surface area contributed by atoms with E-state index in [0.717, 1.165) is 39.1 Å². The first-order valence-corrected chi connectivity index (χ1v) is 10.1. The minimum absolute atomic E-state index is 0.0162. The first kappa shape index (κ1) is 21.1. The quantitative estimate of drug-likeness (QED) is 0.774. The first-order chi connectivity index (χ1) is 14.0. The smallest absolute Gasteiger partial charge is 0.251 e. The van der Waals surface area contributed by atoms with Crippen LogP contribution in [-0.2, 0) is 0 Å². The normalized spacial score (nSPS) is 15.8. The van der Waals surface area contributed by atoms with Crippen LogP contribution in [0.5, 0.6) is 5.75 Å². The Bertz CT molecular complexity index is 835. The van der Waals surface area contributed by atoms with E-state index in [9.17, 15) is 9.18 Å². The molecule has 1 fully saturated rings. The van der Waals surface area contributed by atoms with Crippen LogP contribution >= 0.6 is 0 Å². The van der Waals surface area contributed by atoms with Gasteiger partial charge in [0.1, 0.15) is 0 Å². The number of methoxy groups -OCH3 is 1. The Labute approximate surface area is 172 Å². The second kappa shape index (κ2) is 9.74. The van der Waals surface area contributed by atoms with Crippen molar-refractivity contribution in [2.75, 3.05) is 44.7 Å². The third kappa shape index (κ3) is 5.70. The van der Waals surface area contributed by atoms with E-state index in [1.165, 1.54) is 30.5 Å². The maximum Gasteiger partial charge on any atom is 0.251 e. The number of hydrogen-bond donors (Lipinski definition) is 1. The largest absolute Gasteiger partial charge is 0.494 e. The number of carbonyl (C=O) groups is 1. The number of piperazine rings is 1. The molecule has 1 aliphatic heterocycles. The lowest BCUT2D eigenvalue weighted by Gasteiger charge is -2.36. The number of ether oxygens (including phenoxy) is 1. The molecule has 1 atom stereocenters. The lowest BCUT2D eigenvalue weighted by Crippen LogP contribution is -2.47. The van der Waals surface area contributed by atoms with E-state index in [-0.39, 0.29) is 17.7 Å². The van der Waals surface area contributed by atoms with Crippen molar-refractivity contribution < 1.29 is 13.9 Å². The van der Waals surface area contributed by atoms with Gasteiger partial charge in [-0.25, -0.2) is 4.39 Å². The highest BCUT2D eigenvalue weighted by Crippen LogP contribution is 2.19. The van der Waals surface area contributed by atoms with Crippen LogP contribution in [0.4, 0.5) is 10.1 Å². The molecule has 1 amide bonds. The van der Waals surface area contributed by atoms with Gasteiger partial charge in [-0.2, -0.15) is 0 Å². The molecule has 0 aliphatic carbocycles. The number of halogens is 1. The van der Waals surface area contributed by atoms with Gasteiger partial charge in [0.2, 0.25) is 0 Å². The number of hydrogen-bond acceptors (Lipinski definition) is 4. The van der Waals surface area contributed by atoms with E-state index in [4.69, 9.17) is 4.74 Å². The fourth-order valence-corrected chi connectivity index (χ4v) is 3.62. The van der Waals surface area contributed by atoms with Crippen molar-refractivity contribution in [3.63, 3.8) is 0 Å². The minimum Gasteiger partial charge on any atom is -0.494 e. The summed E-state index contributed by atoms with van der Waals surface area (Å²) in [7, 11) is 1.40. The highest BCUT2D eigenvalue weighted by atomic mass is 19.1. The minimum atomic E-state index is -0.528. The maximum absolute atomic E-state index is 13.8. The zero-order chi connectivity index (χ0) is 20.8. The summed E-state index contributed by atoms with van der Waals surface area (Å²) >= 11 is 0. The number of nitrogens with one attached hydrogen (secondary N) is 1. The van der Waals surface area contributed by atoms with Crippen molar-refractivity contribution in [3.05, 3.63) is 59.4 Å². The molecule has 1 unspecified atom stereocenters. The Morgan fingerprint density at radius 3 is 2.59 bits per heavy atom. The molecule has 156 valence electrons. The number of carbonyl (C=O) groups excluding carboxylic acids is 1. The zero-order valence-corrected chi connectivity index (χ0v) is 17.5. The molecule has 0 radical (unpaired) electrons. The van der Waals surface area contributed by atoms with E-state index in [1.807, 2.05) is 6.92 Å². The van der Waals surface area contributed by atoms with Crippen LogP contribution in [0, 0.1) is 12.7 Å². The van der Waals surface area contributed by atoms with E-state index in [1.54, 1.807) is 6.07 Å². The fraction of sp³-hybridized carbons (Fsp3) is 0.435. The van der Waals surface area contributed by atoms with Crippen molar-refractivity contribution in [1.82, 2.24) is 10.2 Å². The maximum atomic E-state index is 13.8. The summed E-state index contributed by atoms with van der Waals surface area (Å²) in [6.07, 6.45) is 0.856. The van der Waals surface area contributed by atoms with Crippen LogP contribution in [0.3, 0.4) is 0 Å². The monoisotopic (exact) mass is 399 g/mol. The Kier molecular flexibility index (Phi) is 7.09. The van der Waals surface area contributed by atoms with E-state index < -0.39 is 5.82 Å². The third-order valence-electron chi connectivity index (χ3n) is 5.41. The average Bonchev–Trinajstić information content (AvgIpc) is 2.72. The summed E-state index contributed by atoms with van der Waals surface area (Å²) in [6.45, 7) is 9.08. The van der Waals surface area contributed by atoms with Gasteiger partial charge < -0.3 is 15.0 Å². The summed E-state index contributed by atoms with van der Waals surface area (Å²) < 4.78 is 18.7. The van der Waals surface area contributed by atoms with Crippen molar-refractivity contribution in [2.24, 2.45) is 0 Å². The summed E-state index contributed by atoms with van der Waals surface area (Å²) in [6, 6.07) is 12.9. The molecule has 0 spiro atoms. The molecule has 0 bridgehead atoms. The van der Waals surface area contributed by atoms with E-state index in [2.05, 4.69) is 46.3 Å². The third-order valence-corrected chi connectivity index (χ3v) is 5.41. The Morgan fingerprint density at radius 1 is 1.17 bits per heavy atom. The second-order valence-electron chi connectivity index (χ2n) is 7.68. The molecule has 1 heterocycles. The van der Waals surface area contributed by atoms with Gasteiger partial charge in [0.25, 0.3) is 5.91 Å². The van der Waals surface area contributed by atoms with Gasteiger partial charge in [0.15, 0.2) is 11.6 Å². The van der Waals surface area contributed by atoms with Gasteiger partial charge in [-0.1, -0.05) is 12.1 Å². The number of anilines is 1. The van der Waals surface area contributed by atoms with Crippen LogP contribution in [0.2, 0.25) is 0 Å². The highest BCUT2D eigenvalue weighted by molar-refractivity contribution is 5.94. The van der Waals surface area contributed by atoms with Crippen molar-refractivity contribution in [3.8, 4) is 5.75 Å². The van der Waals surface area contributed by atoms with Crippen LogP contribution in [-0.4, -0.2) is 56.7 Å². The molecule has 2 aromatic rings. The summed E-state index contributed by atoms with van der Waals surface area (Å²) in [5.41, 5.74) is 2.88. The molecule has 29 heavy (non-hydrogen) atoms. The predicted octanol–water partition coefficient (Wildman–Crippen LogP) is 3.47. The molecule has 1 saturated heterocycles. The molecular formula is C23H30FN3O2. The van der Waals surface area contributed by atoms with Crippen molar-refractivity contribution in [1.29, 1.82) is 0 Å². The molecule has 5 nitrogen and oxygen atoms in total. The van der Waals surface area contributed by atoms with Gasteiger partial charge in [-0.05, 0) is 56.2 Å². The lowest BCUT2D eigenvalue weighted by atomic mass is 10.1. The van der Waals surface area contributed by atoms with Crippen LogP contribution in [0.25, 0.3) is 0 Å². The molecular weight excluding hydrogens is 369 g/mol. The van der Waals surface area contributed by atoms with Crippen molar-refractivity contribution >= 4 is 11.6 Å². The average molecular weight is 400 g/mol. The SMILES string of the molecule is COc1ccc(C(=O)NC(C)CCN2CCN(c3cccc(C)c3)CC2)cc1F. The fourth-order valence-electron chi connectivity index (χ4n) is 3.62. The second-order valence-corrected chi connectivity index (χ2v) is 7.68. The first-order valence-electron chi connectivity index (χ1n) is 10.1. The topological polar surface area (TPSA) is 44.8 Å². The van der Waals surface area contributed by atoms with E-state index >= 15 is 0 Å². The van der Waals surface area contributed by atoms with Gasteiger partial charge in [-0.3, -0.25) is 9.69 Å². The van der Waals surface area contributed by atoms with Crippen LogP contribution < -0.4 is 15.0 Å². The summed E-state index contributed by atoms with van der Waals surface area (Å²) in [5, 5.41) is 2.96. The molecule has 0 saturated carbocycles. The number of aryl methyl sites for hydroxylation is 1. The van der Waals surface area contributed by atoms with Gasteiger partial charge in [0.05, 0.1) is 7.11 Å². The summed E-state index contributed by atoms with van der Waals surface area (Å²) in [4.78, 5) is 17.2. The van der Waals surface area contributed by atoms with Crippen LogP contribution in [0.1, 0.15) is 29.3 Å². The molecule has 2 aromatic carbocycles. The predicted molar refractivity (Wildman–Crippen MR) is 114 cm³/mol.